The first-order chi connectivity index (χ1) is 14.2. The molecule has 0 radical (unpaired) electrons. The number of aromatic nitrogens is 1. The highest BCUT2D eigenvalue weighted by Crippen LogP contribution is 2.19. The molecular weight excluding hydrogens is 362 g/mol. The number of hydrogen-bond acceptors (Lipinski definition) is 5. The molecule has 0 fully saturated rings. The molecule has 0 amide bonds. The van der Waals surface area contributed by atoms with Gasteiger partial charge in [-0.3, -0.25) is 10.4 Å². The molecule has 3 rings (SSSR count). The number of ether oxygens (including phenoxy) is 1. The molecule has 0 unspecified atom stereocenters. The van der Waals surface area contributed by atoms with Crippen molar-refractivity contribution < 1.29 is 4.74 Å². The number of benzene rings is 2. The average molecular weight is 387 g/mol. The highest BCUT2D eigenvalue weighted by Gasteiger charge is 2.04. The molecule has 148 valence electrons. The number of aliphatic imine (C=N–C) groups is 1. The van der Waals surface area contributed by atoms with E-state index < -0.39 is 0 Å². The molecule has 0 atom stereocenters. The van der Waals surface area contributed by atoms with Crippen LogP contribution in [0.2, 0.25) is 0 Å². The zero-order chi connectivity index (χ0) is 20.5. The van der Waals surface area contributed by atoms with E-state index in [1.54, 1.807) is 12.4 Å². The second kappa shape index (κ2) is 10.0. The molecule has 1 N–H and O–H groups in total. The fourth-order valence-corrected chi connectivity index (χ4v) is 2.58. The highest BCUT2D eigenvalue weighted by atomic mass is 16.5. The summed E-state index contributed by atoms with van der Waals surface area (Å²) in [6.45, 7) is 2.59. The molecule has 0 saturated carbocycles. The van der Waals surface area contributed by atoms with Crippen LogP contribution >= 0.6 is 0 Å². The Morgan fingerprint density at radius 3 is 2.41 bits per heavy atom. The van der Waals surface area contributed by atoms with Gasteiger partial charge in [0.2, 0.25) is 0 Å². The molecular formula is C23H25N5O. The Morgan fingerprint density at radius 2 is 1.79 bits per heavy atom. The molecule has 6 heteroatoms. The largest absolute Gasteiger partial charge is 0.494 e. The van der Waals surface area contributed by atoms with Crippen LogP contribution < -0.4 is 15.1 Å². The zero-order valence-electron chi connectivity index (χ0n) is 16.9. The minimum Gasteiger partial charge on any atom is -0.494 e. The van der Waals surface area contributed by atoms with Crippen LogP contribution in [0, 0.1) is 0 Å². The normalized spacial score (nSPS) is 11.5. The van der Waals surface area contributed by atoms with E-state index in [2.05, 4.69) is 37.5 Å². The lowest BCUT2D eigenvalue weighted by Gasteiger charge is -2.11. The number of rotatable bonds is 7. The molecule has 3 aromatic rings. The number of pyridine rings is 1. The Kier molecular flexibility index (Phi) is 6.95. The van der Waals surface area contributed by atoms with Gasteiger partial charge in [-0.05, 0) is 61.0 Å². The van der Waals surface area contributed by atoms with E-state index in [1.807, 2.05) is 75.6 Å². The molecule has 6 nitrogen and oxygen atoms in total. The van der Waals surface area contributed by atoms with Crippen molar-refractivity contribution in [2.75, 3.05) is 25.6 Å². The summed E-state index contributed by atoms with van der Waals surface area (Å²) in [7, 11) is 4.03. The summed E-state index contributed by atoms with van der Waals surface area (Å²) in [4.78, 5) is 11.1. The number of hydrazone groups is 1. The minimum atomic E-state index is 0.566. The maximum absolute atomic E-state index is 5.48. The van der Waals surface area contributed by atoms with Crippen molar-refractivity contribution in [3.05, 3.63) is 84.2 Å². The number of hydrogen-bond donors (Lipinski definition) is 1. The Labute approximate surface area is 171 Å². The van der Waals surface area contributed by atoms with Gasteiger partial charge in [0.05, 0.1) is 18.5 Å². The molecule has 1 heterocycles. The van der Waals surface area contributed by atoms with E-state index in [-0.39, 0.29) is 0 Å². The molecule has 1 aromatic heterocycles. The summed E-state index contributed by atoms with van der Waals surface area (Å²) in [5, 5.41) is 4.35. The van der Waals surface area contributed by atoms with E-state index in [1.165, 1.54) is 0 Å². The summed E-state index contributed by atoms with van der Waals surface area (Å²) < 4.78 is 5.48. The highest BCUT2D eigenvalue weighted by molar-refractivity contribution is 5.99. The first-order valence-electron chi connectivity index (χ1n) is 9.45. The zero-order valence-corrected chi connectivity index (χ0v) is 16.9. The van der Waals surface area contributed by atoms with Crippen LogP contribution in [0.15, 0.2) is 83.0 Å². The van der Waals surface area contributed by atoms with Crippen LogP contribution in [0.3, 0.4) is 0 Å². The third-order valence-electron chi connectivity index (χ3n) is 4.09. The van der Waals surface area contributed by atoms with Crippen LogP contribution in [-0.2, 0) is 0 Å². The first kappa shape index (κ1) is 20.1. The van der Waals surface area contributed by atoms with Crippen molar-refractivity contribution in [3.8, 4) is 5.75 Å². The van der Waals surface area contributed by atoms with Gasteiger partial charge in [-0.25, -0.2) is 4.99 Å². The van der Waals surface area contributed by atoms with Gasteiger partial charge < -0.3 is 9.64 Å². The van der Waals surface area contributed by atoms with Gasteiger partial charge >= 0.3 is 0 Å². The van der Waals surface area contributed by atoms with Gasteiger partial charge in [0.15, 0.2) is 5.84 Å². The predicted octanol–water partition coefficient (Wildman–Crippen LogP) is 4.25. The maximum Gasteiger partial charge on any atom is 0.172 e. The molecule has 0 bridgehead atoms. The Balaban J connectivity index is 1.79. The number of nitrogens with zero attached hydrogens (tertiary/aromatic N) is 4. The minimum absolute atomic E-state index is 0.566. The second-order valence-corrected chi connectivity index (χ2v) is 6.46. The van der Waals surface area contributed by atoms with Gasteiger partial charge in [-0.1, -0.05) is 18.2 Å². The van der Waals surface area contributed by atoms with Crippen LogP contribution in [0.5, 0.6) is 5.75 Å². The first-order valence-corrected chi connectivity index (χ1v) is 9.45. The lowest BCUT2D eigenvalue weighted by molar-refractivity contribution is 0.340. The summed E-state index contributed by atoms with van der Waals surface area (Å²) in [6, 6.07) is 21.4. The van der Waals surface area contributed by atoms with Gasteiger partial charge in [0.25, 0.3) is 0 Å². The Bertz CT molecular complexity index is 949. The molecule has 0 spiro atoms. The average Bonchev–Trinajstić information content (AvgIpc) is 2.75. The van der Waals surface area contributed by atoms with Crippen molar-refractivity contribution in [1.82, 2.24) is 10.4 Å². The third kappa shape index (κ3) is 5.90. The molecule has 0 aliphatic heterocycles. The number of anilines is 1. The fourth-order valence-electron chi connectivity index (χ4n) is 2.58. The molecule has 29 heavy (non-hydrogen) atoms. The molecule has 0 aliphatic carbocycles. The van der Waals surface area contributed by atoms with Gasteiger partial charge in [-0.2, -0.15) is 5.10 Å². The molecule has 0 aliphatic rings. The van der Waals surface area contributed by atoms with Gasteiger partial charge in [0.1, 0.15) is 11.4 Å². The topological polar surface area (TPSA) is 62.1 Å². The summed E-state index contributed by atoms with van der Waals surface area (Å²) >= 11 is 0. The van der Waals surface area contributed by atoms with Crippen molar-refractivity contribution >= 4 is 23.4 Å². The monoisotopic (exact) mass is 387 g/mol. The quantitative estimate of drug-likeness (QED) is 0.374. The summed E-state index contributed by atoms with van der Waals surface area (Å²) in [5.74, 6) is 1.38. The van der Waals surface area contributed by atoms with E-state index in [0.29, 0.717) is 18.1 Å². The van der Waals surface area contributed by atoms with Crippen LogP contribution in [0.25, 0.3) is 0 Å². The lowest BCUT2D eigenvalue weighted by Crippen LogP contribution is -2.20. The number of amidine groups is 1. The van der Waals surface area contributed by atoms with Crippen molar-refractivity contribution in [2.24, 2.45) is 10.1 Å². The SMILES string of the molecule is CCOc1ccc(N=C(N/N=C\c2ccc(N(C)C)cc2)c2ccccn2)cc1. The van der Waals surface area contributed by atoms with Crippen LogP contribution in [0.1, 0.15) is 18.2 Å². The van der Waals surface area contributed by atoms with Crippen LogP contribution in [-0.4, -0.2) is 37.7 Å². The van der Waals surface area contributed by atoms with Gasteiger partial charge in [0, 0.05) is 26.0 Å². The van der Waals surface area contributed by atoms with E-state index in [4.69, 9.17) is 4.74 Å². The standard InChI is InChI=1S/C23H25N5O/c1-4-29-21-14-10-19(11-15-21)26-23(22-7-5-6-16-24-22)27-25-17-18-8-12-20(13-9-18)28(2)3/h5-17H,4H2,1-3H3,(H,26,27)/b25-17-. The Hall–Kier alpha value is -3.67. The van der Waals surface area contributed by atoms with E-state index in [9.17, 15) is 0 Å². The number of nitrogens with one attached hydrogen (secondary N) is 1. The van der Waals surface area contributed by atoms with Crippen molar-refractivity contribution in [3.63, 3.8) is 0 Å². The van der Waals surface area contributed by atoms with Gasteiger partial charge in [-0.15, -0.1) is 0 Å². The predicted molar refractivity (Wildman–Crippen MR) is 120 cm³/mol. The lowest BCUT2D eigenvalue weighted by atomic mass is 10.2. The summed E-state index contributed by atoms with van der Waals surface area (Å²) in [5.41, 5.74) is 6.65. The summed E-state index contributed by atoms with van der Waals surface area (Å²) in [6.07, 6.45) is 3.49. The van der Waals surface area contributed by atoms with Crippen molar-refractivity contribution in [2.45, 2.75) is 6.92 Å². The third-order valence-corrected chi connectivity index (χ3v) is 4.09. The maximum atomic E-state index is 5.48. The second-order valence-electron chi connectivity index (χ2n) is 6.46. The van der Waals surface area contributed by atoms with Crippen molar-refractivity contribution in [1.29, 1.82) is 0 Å². The molecule has 0 saturated heterocycles. The smallest absolute Gasteiger partial charge is 0.172 e. The van der Waals surface area contributed by atoms with Crippen LogP contribution in [0.4, 0.5) is 11.4 Å². The Morgan fingerprint density at radius 1 is 1.03 bits per heavy atom. The van der Waals surface area contributed by atoms with E-state index in [0.717, 1.165) is 22.7 Å². The molecule has 2 aromatic carbocycles. The fraction of sp³-hybridized carbons (Fsp3) is 0.174. The van der Waals surface area contributed by atoms with E-state index >= 15 is 0 Å².